The summed E-state index contributed by atoms with van der Waals surface area (Å²) < 4.78 is 5.48. The summed E-state index contributed by atoms with van der Waals surface area (Å²) in [4.78, 5) is 13.3. The van der Waals surface area contributed by atoms with Crippen LogP contribution in [0, 0.1) is 5.92 Å². The molecule has 0 bridgehead atoms. The van der Waals surface area contributed by atoms with Crippen LogP contribution in [0.15, 0.2) is 18.2 Å². The molecule has 0 radical (unpaired) electrons. The molecule has 0 saturated carbocycles. The lowest BCUT2D eigenvalue weighted by atomic mass is 10.2. The first-order valence-corrected chi connectivity index (χ1v) is 7.67. The van der Waals surface area contributed by atoms with Crippen LogP contribution in [0.3, 0.4) is 0 Å². The molecule has 0 heterocycles. The van der Waals surface area contributed by atoms with Crippen molar-refractivity contribution >= 4 is 17.5 Å². The maximum atomic E-state index is 11.7. The molecular formula is C16H25ClN2O2. The second-order valence-electron chi connectivity index (χ2n) is 5.49. The Morgan fingerprint density at radius 3 is 2.71 bits per heavy atom. The van der Waals surface area contributed by atoms with Gasteiger partial charge in [-0.25, -0.2) is 0 Å². The minimum absolute atomic E-state index is 0.00893. The number of carbonyl (C=O) groups excluding carboxylic acids is 1. The molecule has 5 heteroatoms. The lowest BCUT2D eigenvalue weighted by Crippen LogP contribution is -2.31. The van der Waals surface area contributed by atoms with Crippen molar-refractivity contribution in [2.75, 3.05) is 26.7 Å². The number of benzene rings is 1. The first kappa shape index (κ1) is 17.8. The third-order valence-electron chi connectivity index (χ3n) is 3.13. The number of amides is 1. The van der Waals surface area contributed by atoms with E-state index < -0.39 is 0 Å². The predicted molar refractivity (Wildman–Crippen MR) is 86.8 cm³/mol. The number of likely N-dealkylation sites (N-methyl/N-ethyl adjacent to an activating group) is 1. The number of hydrogen-bond donors (Lipinski definition) is 1. The highest BCUT2D eigenvalue weighted by atomic mass is 35.5. The van der Waals surface area contributed by atoms with Gasteiger partial charge in [-0.15, -0.1) is 0 Å². The second-order valence-corrected chi connectivity index (χ2v) is 5.89. The standard InChI is InChI=1S/C16H25ClN2O2/c1-5-19(4)16(20)11-21-15-7-6-13(8-14(15)17)10-18-9-12(2)3/h6-8,12,18H,5,9-11H2,1-4H3. The number of nitrogens with zero attached hydrogens (tertiary/aromatic N) is 1. The van der Waals surface area contributed by atoms with Crippen LogP contribution in [0.25, 0.3) is 0 Å². The molecule has 1 aromatic carbocycles. The first-order chi connectivity index (χ1) is 9.93. The Bertz CT molecular complexity index is 464. The van der Waals surface area contributed by atoms with E-state index in [2.05, 4.69) is 19.2 Å². The van der Waals surface area contributed by atoms with Crippen LogP contribution < -0.4 is 10.1 Å². The molecule has 1 aromatic rings. The van der Waals surface area contributed by atoms with E-state index in [0.29, 0.717) is 23.2 Å². The highest BCUT2D eigenvalue weighted by Crippen LogP contribution is 2.25. The molecule has 0 saturated heterocycles. The summed E-state index contributed by atoms with van der Waals surface area (Å²) in [6.45, 7) is 8.67. The van der Waals surface area contributed by atoms with E-state index in [-0.39, 0.29) is 12.5 Å². The molecule has 0 aliphatic heterocycles. The molecule has 0 aliphatic carbocycles. The summed E-state index contributed by atoms with van der Waals surface area (Å²) in [6.07, 6.45) is 0. The van der Waals surface area contributed by atoms with E-state index >= 15 is 0 Å². The van der Waals surface area contributed by atoms with Gasteiger partial charge in [0.05, 0.1) is 5.02 Å². The smallest absolute Gasteiger partial charge is 0.260 e. The van der Waals surface area contributed by atoms with Crippen molar-refractivity contribution in [1.82, 2.24) is 10.2 Å². The maximum Gasteiger partial charge on any atom is 0.260 e. The van der Waals surface area contributed by atoms with Crippen LogP contribution in [-0.2, 0) is 11.3 Å². The lowest BCUT2D eigenvalue weighted by Gasteiger charge is -2.15. The molecule has 0 aliphatic rings. The molecule has 118 valence electrons. The van der Waals surface area contributed by atoms with Gasteiger partial charge in [0.2, 0.25) is 0 Å². The van der Waals surface area contributed by atoms with Gasteiger partial charge in [0.25, 0.3) is 5.91 Å². The second kappa shape index (κ2) is 8.90. The Labute approximate surface area is 132 Å². The van der Waals surface area contributed by atoms with Crippen molar-refractivity contribution in [3.8, 4) is 5.75 Å². The fraction of sp³-hybridized carbons (Fsp3) is 0.562. The largest absolute Gasteiger partial charge is 0.482 e. The Morgan fingerprint density at radius 2 is 2.14 bits per heavy atom. The van der Waals surface area contributed by atoms with Gasteiger partial charge in [0.1, 0.15) is 5.75 Å². The molecule has 0 unspecified atom stereocenters. The molecule has 0 aromatic heterocycles. The van der Waals surface area contributed by atoms with Gasteiger partial charge in [0, 0.05) is 20.1 Å². The highest BCUT2D eigenvalue weighted by molar-refractivity contribution is 6.32. The van der Waals surface area contributed by atoms with Gasteiger partial charge < -0.3 is 15.0 Å². The number of rotatable bonds is 8. The van der Waals surface area contributed by atoms with Crippen molar-refractivity contribution in [3.05, 3.63) is 28.8 Å². The van der Waals surface area contributed by atoms with Crippen LogP contribution in [0.2, 0.25) is 5.02 Å². The van der Waals surface area contributed by atoms with E-state index in [0.717, 1.165) is 18.7 Å². The van der Waals surface area contributed by atoms with Crippen LogP contribution in [-0.4, -0.2) is 37.6 Å². The van der Waals surface area contributed by atoms with E-state index in [9.17, 15) is 4.79 Å². The summed E-state index contributed by atoms with van der Waals surface area (Å²) in [7, 11) is 1.75. The predicted octanol–water partition coefficient (Wildman–Crippen LogP) is 2.94. The zero-order chi connectivity index (χ0) is 15.8. The molecular weight excluding hydrogens is 288 g/mol. The van der Waals surface area contributed by atoms with Crippen LogP contribution in [0.5, 0.6) is 5.75 Å². The van der Waals surface area contributed by atoms with Crippen molar-refractivity contribution in [1.29, 1.82) is 0 Å². The molecule has 0 spiro atoms. The van der Waals surface area contributed by atoms with E-state index in [1.165, 1.54) is 0 Å². The monoisotopic (exact) mass is 312 g/mol. The Morgan fingerprint density at radius 1 is 1.43 bits per heavy atom. The zero-order valence-electron chi connectivity index (χ0n) is 13.3. The topological polar surface area (TPSA) is 41.6 Å². The molecule has 1 rings (SSSR count). The van der Waals surface area contributed by atoms with Crippen LogP contribution in [0.4, 0.5) is 0 Å². The minimum Gasteiger partial charge on any atom is -0.482 e. The van der Waals surface area contributed by atoms with Crippen molar-refractivity contribution in [2.45, 2.75) is 27.3 Å². The fourth-order valence-corrected chi connectivity index (χ4v) is 1.96. The van der Waals surface area contributed by atoms with E-state index in [1.807, 2.05) is 25.1 Å². The van der Waals surface area contributed by atoms with Crippen molar-refractivity contribution in [2.24, 2.45) is 5.92 Å². The van der Waals surface area contributed by atoms with Gasteiger partial charge in [-0.1, -0.05) is 31.5 Å². The third-order valence-corrected chi connectivity index (χ3v) is 3.42. The highest BCUT2D eigenvalue weighted by Gasteiger charge is 2.09. The van der Waals surface area contributed by atoms with Crippen LogP contribution in [0.1, 0.15) is 26.3 Å². The number of halogens is 1. The van der Waals surface area contributed by atoms with E-state index in [1.54, 1.807) is 11.9 Å². The summed E-state index contributed by atoms with van der Waals surface area (Å²) in [5.74, 6) is 1.10. The average molecular weight is 313 g/mol. The van der Waals surface area contributed by atoms with Gasteiger partial charge >= 0.3 is 0 Å². The maximum absolute atomic E-state index is 11.7. The normalized spacial score (nSPS) is 10.8. The quantitative estimate of drug-likeness (QED) is 0.802. The molecule has 1 N–H and O–H groups in total. The van der Waals surface area contributed by atoms with Crippen LogP contribution >= 0.6 is 11.6 Å². The minimum atomic E-state index is -0.0590. The van der Waals surface area contributed by atoms with Gasteiger partial charge in [-0.3, -0.25) is 4.79 Å². The Kier molecular flexibility index (Phi) is 7.54. The molecule has 0 atom stereocenters. The fourth-order valence-electron chi connectivity index (χ4n) is 1.70. The molecule has 0 fully saturated rings. The number of carbonyl (C=O) groups is 1. The average Bonchev–Trinajstić information content (AvgIpc) is 2.44. The Balaban J connectivity index is 2.52. The van der Waals surface area contributed by atoms with Gasteiger partial charge in [0.15, 0.2) is 6.61 Å². The first-order valence-electron chi connectivity index (χ1n) is 7.30. The number of nitrogens with one attached hydrogen (secondary N) is 1. The summed E-state index contributed by atoms with van der Waals surface area (Å²) in [6, 6.07) is 5.65. The van der Waals surface area contributed by atoms with E-state index in [4.69, 9.17) is 16.3 Å². The summed E-state index contributed by atoms with van der Waals surface area (Å²) >= 11 is 6.19. The molecule has 21 heavy (non-hydrogen) atoms. The zero-order valence-corrected chi connectivity index (χ0v) is 14.0. The van der Waals surface area contributed by atoms with Gasteiger partial charge in [-0.2, -0.15) is 0 Å². The molecule has 1 amide bonds. The molecule has 4 nitrogen and oxygen atoms in total. The van der Waals surface area contributed by atoms with Crippen molar-refractivity contribution < 1.29 is 9.53 Å². The Hall–Kier alpha value is -1.26. The number of ether oxygens (including phenoxy) is 1. The lowest BCUT2D eigenvalue weighted by molar-refractivity contribution is -0.131. The number of hydrogen-bond acceptors (Lipinski definition) is 3. The third kappa shape index (κ3) is 6.36. The summed E-state index contributed by atoms with van der Waals surface area (Å²) in [5, 5.41) is 3.89. The van der Waals surface area contributed by atoms with Gasteiger partial charge in [-0.05, 0) is 37.1 Å². The van der Waals surface area contributed by atoms with Crippen molar-refractivity contribution in [3.63, 3.8) is 0 Å². The SMILES string of the molecule is CCN(C)C(=O)COc1ccc(CNCC(C)C)cc1Cl. The summed E-state index contributed by atoms with van der Waals surface area (Å²) in [5.41, 5.74) is 1.10.